The normalized spacial score (nSPS) is 27.0. The largest absolute Gasteiger partial charge is 0.390 e. The lowest BCUT2D eigenvalue weighted by atomic mass is 10.0. The summed E-state index contributed by atoms with van der Waals surface area (Å²) in [7, 11) is 0. The molecule has 1 atom stereocenters. The van der Waals surface area contributed by atoms with E-state index >= 15 is 0 Å². The molecule has 4 rings (SSSR count). The summed E-state index contributed by atoms with van der Waals surface area (Å²) in [6.07, 6.45) is 8.14. The van der Waals surface area contributed by atoms with Gasteiger partial charge in [0.1, 0.15) is 6.10 Å². The van der Waals surface area contributed by atoms with E-state index in [1.807, 2.05) is 6.07 Å². The first-order chi connectivity index (χ1) is 11.9. The van der Waals surface area contributed by atoms with Crippen LogP contribution >= 0.6 is 0 Å². The van der Waals surface area contributed by atoms with Gasteiger partial charge in [0, 0.05) is 32.1 Å². The number of benzene rings is 1. The van der Waals surface area contributed by atoms with Crippen molar-refractivity contribution in [3.05, 3.63) is 35.9 Å². The first-order valence-electron chi connectivity index (χ1n) is 9.63. The average Bonchev–Trinajstić information content (AvgIpc) is 3.26. The van der Waals surface area contributed by atoms with Crippen LogP contribution in [0.5, 0.6) is 0 Å². The maximum atomic E-state index is 5.72. The zero-order valence-corrected chi connectivity index (χ0v) is 14.6. The van der Waals surface area contributed by atoms with Crippen LogP contribution in [0, 0.1) is 0 Å². The van der Waals surface area contributed by atoms with Gasteiger partial charge in [0.15, 0.2) is 0 Å². The molecule has 2 heterocycles. The minimum Gasteiger partial charge on any atom is -0.390 e. The van der Waals surface area contributed by atoms with Gasteiger partial charge >= 0.3 is 0 Å². The summed E-state index contributed by atoms with van der Waals surface area (Å²) in [6.45, 7) is 5.89. The lowest BCUT2D eigenvalue weighted by Crippen LogP contribution is -2.38. The lowest BCUT2D eigenvalue weighted by molar-refractivity contribution is 0.0531. The molecule has 0 unspecified atom stereocenters. The van der Waals surface area contributed by atoms with Crippen LogP contribution in [0.15, 0.2) is 35.5 Å². The van der Waals surface area contributed by atoms with Gasteiger partial charge < -0.3 is 4.84 Å². The Morgan fingerprint density at radius 1 is 0.958 bits per heavy atom. The predicted molar refractivity (Wildman–Crippen MR) is 97.4 cm³/mol. The molecule has 0 N–H and O–H groups in total. The van der Waals surface area contributed by atoms with Gasteiger partial charge in [-0.05, 0) is 37.9 Å². The van der Waals surface area contributed by atoms with E-state index in [1.165, 1.54) is 63.8 Å². The third-order valence-corrected chi connectivity index (χ3v) is 5.77. The Hall–Kier alpha value is -1.39. The molecule has 2 aliphatic heterocycles. The van der Waals surface area contributed by atoms with Gasteiger partial charge in [-0.2, -0.15) is 0 Å². The molecule has 130 valence electrons. The maximum absolute atomic E-state index is 5.72. The molecule has 0 spiro atoms. The van der Waals surface area contributed by atoms with Crippen LogP contribution in [0.3, 0.4) is 0 Å². The molecule has 0 radical (unpaired) electrons. The molecule has 0 aromatic heterocycles. The maximum Gasteiger partial charge on any atom is 0.145 e. The number of rotatable bonds is 4. The average molecular weight is 327 g/mol. The van der Waals surface area contributed by atoms with Crippen LogP contribution in [-0.2, 0) is 4.84 Å². The fourth-order valence-electron chi connectivity index (χ4n) is 4.42. The van der Waals surface area contributed by atoms with Crippen molar-refractivity contribution in [3.63, 3.8) is 0 Å². The van der Waals surface area contributed by atoms with E-state index in [4.69, 9.17) is 4.84 Å². The van der Waals surface area contributed by atoms with Crippen LogP contribution in [-0.4, -0.2) is 60.4 Å². The Labute approximate surface area is 145 Å². The monoisotopic (exact) mass is 327 g/mol. The summed E-state index contributed by atoms with van der Waals surface area (Å²) < 4.78 is 0. The van der Waals surface area contributed by atoms with Crippen LogP contribution in [0.25, 0.3) is 0 Å². The number of nitrogens with zero attached hydrogens (tertiary/aromatic N) is 3. The van der Waals surface area contributed by atoms with E-state index in [-0.39, 0.29) is 6.10 Å². The fourth-order valence-corrected chi connectivity index (χ4v) is 4.42. The predicted octanol–water partition coefficient (Wildman–Crippen LogP) is 3.13. The van der Waals surface area contributed by atoms with E-state index < -0.39 is 0 Å². The highest BCUT2D eigenvalue weighted by molar-refractivity contribution is 6.01. The summed E-state index contributed by atoms with van der Waals surface area (Å²) in [5.41, 5.74) is 2.30. The van der Waals surface area contributed by atoms with Gasteiger partial charge in [0.2, 0.25) is 0 Å². The molecule has 1 aliphatic carbocycles. The molecule has 3 aliphatic rings. The Bertz CT molecular complexity index is 553. The highest BCUT2D eigenvalue weighted by Gasteiger charge is 2.28. The Morgan fingerprint density at radius 3 is 2.62 bits per heavy atom. The van der Waals surface area contributed by atoms with Gasteiger partial charge in [-0.3, -0.25) is 9.80 Å². The van der Waals surface area contributed by atoms with Crippen molar-refractivity contribution in [2.45, 2.75) is 50.7 Å². The summed E-state index contributed by atoms with van der Waals surface area (Å²) >= 11 is 0. The SMILES string of the molecule is c1ccc(C2=NO[C@H](CN3CCCN(C4CCCC4)CC3)C2)cc1. The zero-order chi connectivity index (χ0) is 16.2. The smallest absolute Gasteiger partial charge is 0.145 e. The van der Waals surface area contributed by atoms with Crippen molar-refractivity contribution in [2.24, 2.45) is 5.16 Å². The second kappa shape index (κ2) is 7.66. The minimum absolute atomic E-state index is 0.221. The van der Waals surface area contributed by atoms with Crippen molar-refractivity contribution < 1.29 is 4.84 Å². The molecule has 0 bridgehead atoms. The molecule has 1 saturated heterocycles. The van der Waals surface area contributed by atoms with Crippen molar-refractivity contribution >= 4 is 5.71 Å². The summed E-state index contributed by atoms with van der Waals surface area (Å²) in [4.78, 5) is 11.1. The highest BCUT2D eigenvalue weighted by Crippen LogP contribution is 2.25. The number of oxime groups is 1. The summed E-state index contributed by atoms with van der Waals surface area (Å²) in [5, 5.41) is 4.33. The third-order valence-electron chi connectivity index (χ3n) is 5.77. The van der Waals surface area contributed by atoms with Crippen LogP contribution < -0.4 is 0 Å². The van der Waals surface area contributed by atoms with Gasteiger partial charge in [0.05, 0.1) is 5.71 Å². The van der Waals surface area contributed by atoms with Crippen LogP contribution in [0.4, 0.5) is 0 Å². The first-order valence-corrected chi connectivity index (χ1v) is 9.63. The first kappa shape index (κ1) is 16.1. The van der Waals surface area contributed by atoms with E-state index in [1.54, 1.807) is 0 Å². The van der Waals surface area contributed by atoms with Crippen molar-refractivity contribution in [1.82, 2.24) is 9.80 Å². The molecule has 1 aromatic rings. The summed E-state index contributed by atoms with van der Waals surface area (Å²) in [6, 6.07) is 11.3. The van der Waals surface area contributed by atoms with Crippen molar-refractivity contribution in [2.75, 3.05) is 32.7 Å². The van der Waals surface area contributed by atoms with E-state index in [2.05, 4.69) is 39.2 Å². The Balaban J connectivity index is 1.26. The molecule has 1 aromatic carbocycles. The van der Waals surface area contributed by atoms with Crippen LogP contribution in [0.2, 0.25) is 0 Å². The second-order valence-electron chi connectivity index (χ2n) is 7.46. The molecular formula is C20H29N3O. The Morgan fingerprint density at radius 2 is 1.79 bits per heavy atom. The molecule has 1 saturated carbocycles. The molecule has 24 heavy (non-hydrogen) atoms. The van der Waals surface area contributed by atoms with Crippen LogP contribution in [0.1, 0.15) is 44.1 Å². The quantitative estimate of drug-likeness (QED) is 0.850. The van der Waals surface area contributed by atoms with E-state index in [0.717, 1.165) is 24.7 Å². The van der Waals surface area contributed by atoms with Gasteiger partial charge in [-0.15, -0.1) is 0 Å². The van der Waals surface area contributed by atoms with Gasteiger partial charge in [-0.1, -0.05) is 48.3 Å². The van der Waals surface area contributed by atoms with Crippen molar-refractivity contribution in [3.8, 4) is 0 Å². The molecule has 0 amide bonds. The minimum atomic E-state index is 0.221. The second-order valence-corrected chi connectivity index (χ2v) is 7.46. The molecule has 4 heteroatoms. The highest BCUT2D eigenvalue weighted by atomic mass is 16.6. The van der Waals surface area contributed by atoms with E-state index in [9.17, 15) is 0 Å². The molecule has 2 fully saturated rings. The zero-order valence-electron chi connectivity index (χ0n) is 14.6. The molecular weight excluding hydrogens is 298 g/mol. The topological polar surface area (TPSA) is 28.1 Å². The third kappa shape index (κ3) is 3.81. The number of hydrogen-bond acceptors (Lipinski definition) is 4. The lowest BCUT2D eigenvalue weighted by Gasteiger charge is -2.27. The van der Waals surface area contributed by atoms with Gasteiger partial charge in [0.25, 0.3) is 0 Å². The molecule has 4 nitrogen and oxygen atoms in total. The fraction of sp³-hybridized carbons (Fsp3) is 0.650. The van der Waals surface area contributed by atoms with E-state index in [0.29, 0.717) is 0 Å². The summed E-state index contributed by atoms with van der Waals surface area (Å²) in [5.74, 6) is 0. The Kier molecular flexibility index (Phi) is 5.14. The standard InChI is InChI=1S/C20H29N3O/c1-2-7-17(8-3-1)20-15-19(24-21-20)16-22-11-6-12-23(14-13-22)18-9-4-5-10-18/h1-3,7-8,18-19H,4-6,9-16H2/t19-/m0/s1. The van der Waals surface area contributed by atoms with Gasteiger partial charge in [-0.25, -0.2) is 0 Å². The number of hydrogen-bond donors (Lipinski definition) is 0. The van der Waals surface area contributed by atoms with Crippen molar-refractivity contribution in [1.29, 1.82) is 0 Å².